The van der Waals surface area contributed by atoms with E-state index in [2.05, 4.69) is 17.1 Å². The molecule has 0 saturated carbocycles. The molecule has 2 amide bonds. The van der Waals surface area contributed by atoms with Gasteiger partial charge in [-0.1, -0.05) is 42.5 Å². The Bertz CT molecular complexity index is 1150. The fraction of sp³-hybridized carbons (Fsp3) is 0.286. The van der Waals surface area contributed by atoms with E-state index in [-0.39, 0.29) is 36.3 Å². The molecule has 0 spiro atoms. The normalized spacial score (nSPS) is 18.2. The summed E-state index contributed by atoms with van der Waals surface area (Å²) in [6, 6.07) is 22.8. The minimum absolute atomic E-state index is 0.000582. The SMILES string of the molecule is C[C@@H]1CN(C(=O)COc2ccccc2C(=O)Nc2ccccc2)[C@@H](C)CN1Cc1ccc(F)cc1. The van der Waals surface area contributed by atoms with Crippen LogP contribution in [0.5, 0.6) is 5.75 Å². The molecule has 35 heavy (non-hydrogen) atoms. The number of amides is 2. The summed E-state index contributed by atoms with van der Waals surface area (Å²) in [6.45, 7) is 5.93. The summed E-state index contributed by atoms with van der Waals surface area (Å²) in [6.07, 6.45) is 0. The first-order chi connectivity index (χ1) is 16.9. The van der Waals surface area contributed by atoms with Gasteiger partial charge in [-0.15, -0.1) is 0 Å². The van der Waals surface area contributed by atoms with E-state index in [1.54, 1.807) is 36.4 Å². The third kappa shape index (κ3) is 6.25. The number of benzene rings is 3. The minimum atomic E-state index is -0.296. The molecule has 3 aromatic carbocycles. The molecule has 1 aliphatic rings. The number of rotatable bonds is 7. The van der Waals surface area contributed by atoms with Gasteiger partial charge in [0.25, 0.3) is 11.8 Å². The van der Waals surface area contributed by atoms with Crippen molar-refractivity contribution in [3.63, 3.8) is 0 Å². The average Bonchev–Trinajstić information content (AvgIpc) is 2.86. The number of ether oxygens (including phenoxy) is 1. The number of piperazine rings is 1. The highest BCUT2D eigenvalue weighted by atomic mass is 19.1. The summed E-state index contributed by atoms with van der Waals surface area (Å²) in [5, 5.41) is 2.85. The van der Waals surface area contributed by atoms with E-state index in [0.29, 0.717) is 36.6 Å². The average molecular weight is 476 g/mol. The van der Waals surface area contributed by atoms with Crippen LogP contribution < -0.4 is 10.1 Å². The number of carbonyl (C=O) groups is 2. The van der Waals surface area contributed by atoms with Crippen LogP contribution in [-0.2, 0) is 11.3 Å². The lowest BCUT2D eigenvalue weighted by atomic mass is 10.1. The first-order valence-corrected chi connectivity index (χ1v) is 11.8. The highest BCUT2D eigenvalue weighted by Gasteiger charge is 2.32. The lowest BCUT2D eigenvalue weighted by Gasteiger charge is -2.44. The molecule has 4 rings (SSSR count). The zero-order chi connectivity index (χ0) is 24.8. The van der Waals surface area contributed by atoms with Crippen LogP contribution in [0.1, 0.15) is 29.8 Å². The van der Waals surface area contributed by atoms with Crippen molar-refractivity contribution in [2.24, 2.45) is 0 Å². The zero-order valence-electron chi connectivity index (χ0n) is 20.0. The third-order valence-electron chi connectivity index (χ3n) is 6.25. The number of nitrogens with one attached hydrogen (secondary N) is 1. The smallest absolute Gasteiger partial charge is 0.260 e. The van der Waals surface area contributed by atoms with E-state index in [4.69, 9.17) is 4.74 Å². The summed E-state index contributed by atoms with van der Waals surface area (Å²) < 4.78 is 19.0. The van der Waals surface area contributed by atoms with Gasteiger partial charge in [0.2, 0.25) is 0 Å². The molecule has 1 fully saturated rings. The third-order valence-corrected chi connectivity index (χ3v) is 6.25. The van der Waals surface area contributed by atoms with Crippen LogP contribution in [0.25, 0.3) is 0 Å². The number of nitrogens with zero attached hydrogens (tertiary/aromatic N) is 2. The molecular weight excluding hydrogens is 445 g/mol. The Morgan fingerprint density at radius 2 is 1.60 bits per heavy atom. The van der Waals surface area contributed by atoms with Gasteiger partial charge in [0.05, 0.1) is 5.56 Å². The van der Waals surface area contributed by atoms with E-state index >= 15 is 0 Å². The highest BCUT2D eigenvalue weighted by Crippen LogP contribution is 2.22. The topological polar surface area (TPSA) is 61.9 Å². The molecule has 1 heterocycles. The van der Waals surface area contributed by atoms with Crippen molar-refractivity contribution in [1.29, 1.82) is 0 Å². The predicted molar refractivity (Wildman–Crippen MR) is 134 cm³/mol. The van der Waals surface area contributed by atoms with E-state index in [0.717, 1.165) is 5.56 Å². The van der Waals surface area contributed by atoms with Crippen molar-refractivity contribution in [1.82, 2.24) is 9.80 Å². The van der Waals surface area contributed by atoms with Crippen LogP contribution in [-0.4, -0.2) is 53.4 Å². The van der Waals surface area contributed by atoms with E-state index in [1.807, 2.05) is 42.2 Å². The Balaban J connectivity index is 1.35. The molecule has 1 aliphatic heterocycles. The van der Waals surface area contributed by atoms with Crippen LogP contribution in [0.2, 0.25) is 0 Å². The second-order valence-corrected chi connectivity index (χ2v) is 8.91. The Hall–Kier alpha value is -3.71. The van der Waals surface area contributed by atoms with E-state index in [9.17, 15) is 14.0 Å². The lowest BCUT2D eigenvalue weighted by molar-refractivity contribution is -0.139. The zero-order valence-corrected chi connectivity index (χ0v) is 20.0. The van der Waals surface area contributed by atoms with Crippen molar-refractivity contribution < 1.29 is 18.7 Å². The molecule has 6 nitrogen and oxygen atoms in total. The van der Waals surface area contributed by atoms with Gasteiger partial charge in [0.1, 0.15) is 11.6 Å². The van der Waals surface area contributed by atoms with Gasteiger partial charge in [-0.3, -0.25) is 14.5 Å². The van der Waals surface area contributed by atoms with Crippen molar-refractivity contribution in [2.45, 2.75) is 32.5 Å². The van der Waals surface area contributed by atoms with Crippen LogP contribution in [0.4, 0.5) is 10.1 Å². The van der Waals surface area contributed by atoms with Gasteiger partial charge in [-0.25, -0.2) is 4.39 Å². The molecule has 1 N–H and O–H groups in total. The number of halogens is 1. The molecule has 3 aromatic rings. The molecule has 182 valence electrons. The molecule has 0 bridgehead atoms. The number of carbonyl (C=O) groups excluding carboxylic acids is 2. The summed E-state index contributed by atoms with van der Waals surface area (Å²) >= 11 is 0. The summed E-state index contributed by atoms with van der Waals surface area (Å²) in [5.74, 6) is -0.297. The van der Waals surface area contributed by atoms with Crippen molar-refractivity contribution >= 4 is 17.5 Å². The first kappa shape index (κ1) is 24.4. The molecule has 2 atom stereocenters. The number of para-hydroxylation sites is 2. The quantitative estimate of drug-likeness (QED) is 0.544. The number of hydrogen-bond acceptors (Lipinski definition) is 4. The van der Waals surface area contributed by atoms with Gasteiger partial charge < -0.3 is 15.0 Å². The Kier molecular flexibility index (Phi) is 7.77. The van der Waals surface area contributed by atoms with Crippen LogP contribution in [0, 0.1) is 5.82 Å². The second-order valence-electron chi connectivity index (χ2n) is 8.91. The van der Waals surface area contributed by atoms with Gasteiger partial charge in [-0.2, -0.15) is 0 Å². The van der Waals surface area contributed by atoms with Crippen LogP contribution in [0.3, 0.4) is 0 Å². The molecule has 1 saturated heterocycles. The monoisotopic (exact) mass is 475 g/mol. The predicted octanol–water partition coefficient (Wildman–Crippen LogP) is 4.58. The molecule has 0 unspecified atom stereocenters. The Morgan fingerprint density at radius 1 is 0.914 bits per heavy atom. The van der Waals surface area contributed by atoms with Crippen molar-refractivity contribution in [2.75, 3.05) is 25.0 Å². The van der Waals surface area contributed by atoms with Crippen LogP contribution in [0.15, 0.2) is 78.9 Å². The Morgan fingerprint density at radius 3 is 2.34 bits per heavy atom. The maximum absolute atomic E-state index is 13.2. The summed E-state index contributed by atoms with van der Waals surface area (Å²) in [5.41, 5.74) is 2.10. The van der Waals surface area contributed by atoms with Gasteiger partial charge >= 0.3 is 0 Å². The standard InChI is InChI=1S/C28H30FN3O3/c1-20-17-32(21(2)16-31(20)18-22-12-14-23(29)15-13-22)27(33)19-35-26-11-7-6-10-25(26)28(34)30-24-8-4-3-5-9-24/h3-15,20-21H,16-19H2,1-2H3,(H,30,34)/t20-,21+/m1/s1. The number of hydrogen-bond donors (Lipinski definition) is 1. The Labute approximate surface area is 205 Å². The molecule has 0 aromatic heterocycles. The van der Waals surface area contributed by atoms with Gasteiger partial charge in [-0.05, 0) is 55.8 Å². The molecule has 0 radical (unpaired) electrons. The molecule has 7 heteroatoms. The van der Waals surface area contributed by atoms with Crippen molar-refractivity contribution in [3.05, 3.63) is 95.8 Å². The van der Waals surface area contributed by atoms with E-state index in [1.165, 1.54) is 12.1 Å². The second kappa shape index (κ2) is 11.1. The molecule has 0 aliphatic carbocycles. The highest BCUT2D eigenvalue weighted by molar-refractivity contribution is 6.06. The van der Waals surface area contributed by atoms with Crippen LogP contribution >= 0.6 is 0 Å². The number of anilines is 1. The fourth-order valence-corrected chi connectivity index (χ4v) is 4.31. The van der Waals surface area contributed by atoms with Gasteiger partial charge in [0.15, 0.2) is 6.61 Å². The van der Waals surface area contributed by atoms with Gasteiger partial charge in [0, 0.05) is 37.4 Å². The maximum Gasteiger partial charge on any atom is 0.260 e. The molecular formula is C28H30FN3O3. The summed E-state index contributed by atoms with van der Waals surface area (Å²) in [4.78, 5) is 29.9. The lowest BCUT2D eigenvalue weighted by Crippen LogP contribution is -2.58. The fourth-order valence-electron chi connectivity index (χ4n) is 4.31. The van der Waals surface area contributed by atoms with Crippen molar-refractivity contribution in [3.8, 4) is 5.75 Å². The maximum atomic E-state index is 13.2. The minimum Gasteiger partial charge on any atom is -0.483 e. The van der Waals surface area contributed by atoms with E-state index < -0.39 is 0 Å². The largest absolute Gasteiger partial charge is 0.483 e. The summed E-state index contributed by atoms with van der Waals surface area (Å²) in [7, 11) is 0. The first-order valence-electron chi connectivity index (χ1n) is 11.8.